The average molecular weight is 252 g/mol. The van der Waals surface area contributed by atoms with Gasteiger partial charge < -0.3 is 10.3 Å². The third kappa shape index (κ3) is 2.13. The Labute approximate surface area is 104 Å². The number of fused-ring (bicyclic) bond motifs is 1. The molecule has 2 N–H and O–H groups in total. The molecule has 0 aliphatic heterocycles. The zero-order valence-electron chi connectivity index (χ0n) is 9.56. The Morgan fingerprint density at radius 3 is 2.88 bits per heavy atom. The summed E-state index contributed by atoms with van der Waals surface area (Å²) in [6.07, 6.45) is 0.619. The molecule has 1 aromatic heterocycles. The molecule has 5 heteroatoms. The second kappa shape index (κ2) is 4.75. The number of para-hydroxylation sites is 2. The highest BCUT2D eigenvalue weighted by Crippen LogP contribution is 2.21. The molecular formula is C12H14ClN3O. The fourth-order valence-electron chi connectivity index (χ4n) is 1.91. The lowest BCUT2D eigenvalue weighted by Crippen LogP contribution is -2.25. The molecule has 1 heterocycles. The maximum absolute atomic E-state index is 11.3. The summed E-state index contributed by atoms with van der Waals surface area (Å²) in [7, 11) is 0. The summed E-state index contributed by atoms with van der Waals surface area (Å²) in [5.74, 6) is 0.894. The van der Waals surface area contributed by atoms with Gasteiger partial charge in [0.1, 0.15) is 11.9 Å². The lowest BCUT2D eigenvalue weighted by molar-refractivity contribution is -0.120. The Balaban J connectivity index is 2.63. The van der Waals surface area contributed by atoms with Gasteiger partial charge in [-0.05, 0) is 19.1 Å². The number of nitrogens with zero attached hydrogens (tertiary/aromatic N) is 2. The number of primary amides is 1. The normalized spacial score (nSPS) is 12.8. The van der Waals surface area contributed by atoms with Crippen LogP contribution in [0.3, 0.4) is 0 Å². The van der Waals surface area contributed by atoms with E-state index in [0.29, 0.717) is 12.3 Å². The number of hydrogen-bond acceptors (Lipinski definition) is 2. The molecule has 17 heavy (non-hydrogen) atoms. The van der Waals surface area contributed by atoms with E-state index in [1.54, 1.807) is 6.92 Å². The van der Waals surface area contributed by atoms with Crippen LogP contribution in [0.15, 0.2) is 24.3 Å². The highest BCUT2D eigenvalue weighted by molar-refractivity contribution is 6.17. The quantitative estimate of drug-likeness (QED) is 0.844. The van der Waals surface area contributed by atoms with Gasteiger partial charge >= 0.3 is 0 Å². The predicted molar refractivity (Wildman–Crippen MR) is 68.1 cm³/mol. The van der Waals surface area contributed by atoms with Crippen LogP contribution >= 0.6 is 11.6 Å². The number of halogens is 1. The van der Waals surface area contributed by atoms with Gasteiger partial charge in [0.2, 0.25) is 5.91 Å². The third-order valence-corrected chi connectivity index (χ3v) is 2.97. The molecule has 1 aromatic carbocycles. The van der Waals surface area contributed by atoms with E-state index in [-0.39, 0.29) is 5.91 Å². The molecule has 2 aromatic rings. The number of nitrogens with two attached hydrogens (primary N) is 1. The predicted octanol–water partition coefficient (Wildman–Crippen LogP) is 1.86. The topological polar surface area (TPSA) is 60.9 Å². The fourth-order valence-corrected chi connectivity index (χ4v) is 2.08. The van der Waals surface area contributed by atoms with E-state index in [1.165, 1.54) is 0 Å². The van der Waals surface area contributed by atoms with Gasteiger partial charge in [0, 0.05) is 12.3 Å². The van der Waals surface area contributed by atoms with Gasteiger partial charge in [0.25, 0.3) is 0 Å². The van der Waals surface area contributed by atoms with Crippen LogP contribution in [0.4, 0.5) is 0 Å². The maximum atomic E-state index is 11.3. The molecule has 0 bridgehead atoms. The molecule has 0 saturated heterocycles. The van der Waals surface area contributed by atoms with E-state index in [0.717, 1.165) is 16.9 Å². The minimum atomic E-state index is -0.416. The summed E-state index contributed by atoms with van der Waals surface area (Å²) in [6.45, 7) is 1.77. The lowest BCUT2D eigenvalue weighted by atomic mass is 10.2. The van der Waals surface area contributed by atoms with Crippen molar-refractivity contribution in [3.05, 3.63) is 30.1 Å². The first kappa shape index (κ1) is 11.9. The van der Waals surface area contributed by atoms with Crippen molar-refractivity contribution >= 4 is 28.5 Å². The zero-order chi connectivity index (χ0) is 12.4. The molecule has 1 atom stereocenters. The van der Waals surface area contributed by atoms with Gasteiger partial charge in [-0.15, -0.1) is 11.6 Å². The molecular weight excluding hydrogens is 238 g/mol. The van der Waals surface area contributed by atoms with Gasteiger partial charge in [-0.3, -0.25) is 4.79 Å². The molecule has 0 radical (unpaired) electrons. The number of carbonyl (C=O) groups excluding carboxylic acids is 1. The number of aryl methyl sites for hydroxylation is 1. The molecule has 0 fully saturated rings. The van der Waals surface area contributed by atoms with Crippen LogP contribution in [-0.2, 0) is 11.2 Å². The highest BCUT2D eigenvalue weighted by atomic mass is 35.5. The first-order valence-corrected chi connectivity index (χ1v) is 5.99. The van der Waals surface area contributed by atoms with E-state index < -0.39 is 6.04 Å². The molecule has 90 valence electrons. The smallest absolute Gasteiger partial charge is 0.240 e. The van der Waals surface area contributed by atoms with E-state index >= 15 is 0 Å². The second-order valence-corrected chi connectivity index (χ2v) is 4.28. The average Bonchev–Trinajstić information content (AvgIpc) is 2.66. The van der Waals surface area contributed by atoms with Crippen LogP contribution in [0.5, 0.6) is 0 Å². The Morgan fingerprint density at radius 1 is 1.53 bits per heavy atom. The van der Waals surface area contributed by atoms with Crippen LogP contribution in [-0.4, -0.2) is 21.3 Å². The van der Waals surface area contributed by atoms with E-state index in [2.05, 4.69) is 4.98 Å². The zero-order valence-corrected chi connectivity index (χ0v) is 10.3. The summed E-state index contributed by atoms with van der Waals surface area (Å²) in [5, 5.41) is 0. The summed E-state index contributed by atoms with van der Waals surface area (Å²) in [5.41, 5.74) is 7.14. The minimum absolute atomic E-state index is 0.371. The van der Waals surface area contributed by atoms with Crippen molar-refractivity contribution in [3.63, 3.8) is 0 Å². The highest BCUT2D eigenvalue weighted by Gasteiger charge is 2.18. The SMILES string of the molecule is CC(C(N)=O)n1c(CCCl)nc2ccccc21. The number of aromatic nitrogens is 2. The summed E-state index contributed by atoms with van der Waals surface area (Å²) >= 11 is 5.75. The standard InChI is InChI=1S/C12H14ClN3O/c1-8(12(14)17)16-10-5-3-2-4-9(10)15-11(16)6-7-13/h2-5,8H,6-7H2,1H3,(H2,14,17). The first-order valence-electron chi connectivity index (χ1n) is 5.46. The van der Waals surface area contributed by atoms with Crippen LogP contribution in [0.2, 0.25) is 0 Å². The van der Waals surface area contributed by atoms with Crippen LogP contribution in [0, 0.1) is 0 Å². The number of amides is 1. The van der Waals surface area contributed by atoms with Crippen molar-refractivity contribution in [2.24, 2.45) is 5.73 Å². The third-order valence-electron chi connectivity index (χ3n) is 2.79. The van der Waals surface area contributed by atoms with Crippen molar-refractivity contribution in [1.29, 1.82) is 0 Å². The van der Waals surface area contributed by atoms with Crippen molar-refractivity contribution < 1.29 is 4.79 Å². The molecule has 1 unspecified atom stereocenters. The van der Waals surface area contributed by atoms with Gasteiger partial charge in [0.05, 0.1) is 11.0 Å². The van der Waals surface area contributed by atoms with E-state index in [9.17, 15) is 4.79 Å². The Kier molecular flexibility index (Phi) is 3.33. The van der Waals surface area contributed by atoms with Crippen LogP contribution in [0.25, 0.3) is 11.0 Å². The molecule has 0 saturated carbocycles. The Hall–Kier alpha value is -1.55. The maximum Gasteiger partial charge on any atom is 0.240 e. The number of hydrogen-bond donors (Lipinski definition) is 1. The van der Waals surface area contributed by atoms with E-state index in [1.807, 2.05) is 28.8 Å². The first-order chi connectivity index (χ1) is 8.15. The minimum Gasteiger partial charge on any atom is -0.368 e. The Bertz CT molecular complexity index is 550. The largest absolute Gasteiger partial charge is 0.368 e. The summed E-state index contributed by atoms with van der Waals surface area (Å²) < 4.78 is 1.86. The molecule has 4 nitrogen and oxygen atoms in total. The van der Waals surface area contributed by atoms with Gasteiger partial charge in [0.15, 0.2) is 0 Å². The fraction of sp³-hybridized carbons (Fsp3) is 0.333. The molecule has 1 amide bonds. The molecule has 0 aliphatic rings. The lowest BCUT2D eigenvalue weighted by Gasteiger charge is -2.13. The Morgan fingerprint density at radius 2 is 2.24 bits per heavy atom. The second-order valence-electron chi connectivity index (χ2n) is 3.90. The summed E-state index contributed by atoms with van der Waals surface area (Å²) in [6, 6.07) is 7.26. The van der Waals surface area contributed by atoms with Crippen molar-refractivity contribution in [1.82, 2.24) is 9.55 Å². The van der Waals surface area contributed by atoms with Crippen molar-refractivity contribution in [2.45, 2.75) is 19.4 Å². The van der Waals surface area contributed by atoms with Crippen molar-refractivity contribution in [3.8, 4) is 0 Å². The molecule has 0 aliphatic carbocycles. The number of alkyl halides is 1. The number of carbonyl (C=O) groups is 1. The van der Waals surface area contributed by atoms with Crippen LogP contribution < -0.4 is 5.73 Å². The van der Waals surface area contributed by atoms with Gasteiger partial charge in [-0.2, -0.15) is 0 Å². The van der Waals surface area contributed by atoms with Gasteiger partial charge in [-0.25, -0.2) is 4.98 Å². The number of imidazole rings is 1. The van der Waals surface area contributed by atoms with Gasteiger partial charge in [-0.1, -0.05) is 12.1 Å². The monoisotopic (exact) mass is 251 g/mol. The van der Waals surface area contributed by atoms with Crippen molar-refractivity contribution in [2.75, 3.05) is 5.88 Å². The van der Waals surface area contributed by atoms with Crippen LogP contribution in [0.1, 0.15) is 18.8 Å². The number of benzene rings is 1. The number of rotatable bonds is 4. The molecule has 0 spiro atoms. The van der Waals surface area contributed by atoms with E-state index in [4.69, 9.17) is 17.3 Å². The summed E-state index contributed by atoms with van der Waals surface area (Å²) in [4.78, 5) is 15.8. The molecule has 2 rings (SSSR count).